The molecule has 1 aliphatic heterocycles. The first-order valence-corrected chi connectivity index (χ1v) is 9.53. The minimum atomic E-state index is -0.285. The number of aryl methyl sites for hydroxylation is 1. The number of rotatable bonds is 3. The quantitative estimate of drug-likeness (QED) is 0.795. The second-order valence-electron chi connectivity index (χ2n) is 6.67. The lowest BCUT2D eigenvalue weighted by Gasteiger charge is -2.27. The van der Waals surface area contributed by atoms with Gasteiger partial charge in [0.05, 0.1) is 11.3 Å². The first-order chi connectivity index (χ1) is 13.0. The number of amides is 2. The van der Waals surface area contributed by atoms with Gasteiger partial charge in [-0.1, -0.05) is 29.8 Å². The van der Waals surface area contributed by atoms with Crippen molar-refractivity contribution in [2.24, 2.45) is 0 Å². The van der Waals surface area contributed by atoms with Crippen LogP contribution >= 0.6 is 12.2 Å². The molecule has 1 saturated heterocycles. The molecule has 0 aromatic heterocycles. The van der Waals surface area contributed by atoms with Gasteiger partial charge >= 0.3 is 0 Å². The molecule has 0 radical (unpaired) electrons. The molecule has 2 amide bonds. The van der Waals surface area contributed by atoms with Crippen molar-refractivity contribution in [1.82, 2.24) is 10.2 Å². The molecule has 0 bridgehead atoms. The number of benzene rings is 2. The lowest BCUT2D eigenvalue weighted by atomic mass is 10.1. The number of likely N-dealkylation sites (tertiary alicyclic amines) is 1. The molecular weight excluding hydrogens is 358 g/mol. The van der Waals surface area contributed by atoms with Gasteiger partial charge in [0.25, 0.3) is 11.8 Å². The van der Waals surface area contributed by atoms with E-state index in [9.17, 15) is 9.59 Å². The van der Waals surface area contributed by atoms with Crippen LogP contribution in [0.25, 0.3) is 0 Å². The van der Waals surface area contributed by atoms with E-state index in [1.807, 2.05) is 36.1 Å². The second kappa shape index (κ2) is 8.77. The Bertz CT molecular complexity index is 843. The van der Waals surface area contributed by atoms with E-state index in [0.29, 0.717) is 16.8 Å². The van der Waals surface area contributed by atoms with Gasteiger partial charge in [-0.2, -0.15) is 0 Å². The van der Waals surface area contributed by atoms with Gasteiger partial charge in [0, 0.05) is 18.7 Å². The number of para-hydroxylation sites is 1. The minimum Gasteiger partial charge on any atom is -0.339 e. The predicted molar refractivity (Wildman–Crippen MR) is 111 cm³/mol. The Morgan fingerprint density at radius 2 is 1.63 bits per heavy atom. The van der Waals surface area contributed by atoms with Crippen LogP contribution in [0.5, 0.6) is 0 Å². The molecule has 2 aromatic carbocycles. The number of piperidine rings is 1. The van der Waals surface area contributed by atoms with Crippen molar-refractivity contribution in [2.75, 3.05) is 18.4 Å². The van der Waals surface area contributed by atoms with Gasteiger partial charge in [-0.3, -0.25) is 14.9 Å². The van der Waals surface area contributed by atoms with Gasteiger partial charge < -0.3 is 10.2 Å². The Morgan fingerprint density at radius 3 is 2.33 bits per heavy atom. The molecule has 140 valence electrons. The highest BCUT2D eigenvalue weighted by molar-refractivity contribution is 7.80. The number of nitrogens with one attached hydrogen (secondary N) is 2. The van der Waals surface area contributed by atoms with Gasteiger partial charge in [0.1, 0.15) is 0 Å². The molecule has 0 saturated carbocycles. The first-order valence-electron chi connectivity index (χ1n) is 9.12. The van der Waals surface area contributed by atoms with Crippen LogP contribution in [0.3, 0.4) is 0 Å². The fraction of sp³-hybridized carbons (Fsp3) is 0.286. The van der Waals surface area contributed by atoms with Crippen LogP contribution in [0.1, 0.15) is 45.5 Å². The molecule has 6 heteroatoms. The molecular formula is C21H23N3O2S. The van der Waals surface area contributed by atoms with Crippen LogP contribution in [0.2, 0.25) is 0 Å². The number of anilines is 1. The van der Waals surface area contributed by atoms with Crippen LogP contribution in [0, 0.1) is 6.92 Å². The Morgan fingerprint density at radius 1 is 0.963 bits per heavy atom. The standard InChI is InChI=1S/C21H23N3O2S/c1-15-9-11-16(12-10-15)19(25)23-21(27)22-18-8-4-3-7-17(18)20(26)24-13-5-2-6-14-24/h3-4,7-12H,2,5-6,13-14H2,1H3,(H2,22,23,25,27). The lowest BCUT2D eigenvalue weighted by Crippen LogP contribution is -2.37. The predicted octanol–water partition coefficient (Wildman–Crippen LogP) is 3.75. The molecule has 2 N–H and O–H groups in total. The monoisotopic (exact) mass is 381 g/mol. The summed E-state index contributed by atoms with van der Waals surface area (Å²) in [5.74, 6) is -0.294. The third kappa shape index (κ3) is 4.92. The second-order valence-corrected chi connectivity index (χ2v) is 7.08. The van der Waals surface area contributed by atoms with E-state index in [2.05, 4.69) is 10.6 Å². The van der Waals surface area contributed by atoms with Gasteiger partial charge in [0.2, 0.25) is 0 Å². The number of nitrogens with zero attached hydrogens (tertiary/aromatic N) is 1. The summed E-state index contributed by atoms with van der Waals surface area (Å²) in [5.41, 5.74) is 2.77. The summed E-state index contributed by atoms with van der Waals surface area (Å²) < 4.78 is 0. The average molecular weight is 382 g/mol. The van der Waals surface area contributed by atoms with Crippen molar-refractivity contribution in [3.05, 3.63) is 65.2 Å². The van der Waals surface area contributed by atoms with E-state index >= 15 is 0 Å². The highest BCUT2D eigenvalue weighted by Gasteiger charge is 2.21. The molecule has 0 spiro atoms. The van der Waals surface area contributed by atoms with Crippen molar-refractivity contribution in [2.45, 2.75) is 26.2 Å². The van der Waals surface area contributed by atoms with Crippen molar-refractivity contribution >= 4 is 34.8 Å². The van der Waals surface area contributed by atoms with Crippen LogP contribution < -0.4 is 10.6 Å². The SMILES string of the molecule is Cc1ccc(C(=O)NC(=S)Nc2ccccc2C(=O)N2CCCCC2)cc1. The van der Waals surface area contributed by atoms with E-state index in [0.717, 1.165) is 31.5 Å². The molecule has 1 fully saturated rings. The van der Waals surface area contributed by atoms with E-state index in [4.69, 9.17) is 12.2 Å². The maximum Gasteiger partial charge on any atom is 0.257 e. The van der Waals surface area contributed by atoms with Gasteiger partial charge in [-0.15, -0.1) is 0 Å². The zero-order valence-electron chi connectivity index (χ0n) is 15.3. The Hall–Kier alpha value is -2.73. The van der Waals surface area contributed by atoms with Crippen molar-refractivity contribution < 1.29 is 9.59 Å². The smallest absolute Gasteiger partial charge is 0.257 e. The maximum atomic E-state index is 12.8. The van der Waals surface area contributed by atoms with Crippen molar-refractivity contribution in [3.8, 4) is 0 Å². The summed E-state index contributed by atoms with van der Waals surface area (Å²) in [7, 11) is 0. The summed E-state index contributed by atoms with van der Waals surface area (Å²) in [6, 6.07) is 14.5. The van der Waals surface area contributed by atoms with Crippen LogP contribution in [0.4, 0.5) is 5.69 Å². The summed E-state index contributed by atoms with van der Waals surface area (Å²) in [6.45, 7) is 3.52. The van der Waals surface area contributed by atoms with Crippen LogP contribution in [0.15, 0.2) is 48.5 Å². The topological polar surface area (TPSA) is 61.4 Å². The van der Waals surface area contributed by atoms with Crippen molar-refractivity contribution in [1.29, 1.82) is 0 Å². The molecule has 0 atom stereocenters. The van der Waals surface area contributed by atoms with Crippen LogP contribution in [-0.4, -0.2) is 34.9 Å². The molecule has 0 unspecified atom stereocenters. The molecule has 27 heavy (non-hydrogen) atoms. The van der Waals surface area contributed by atoms with E-state index < -0.39 is 0 Å². The molecule has 1 heterocycles. The third-order valence-corrected chi connectivity index (χ3v) is 4.79. The largest absolute Gasteiger partial charge is 0.339 e. The molecule has 1 aliphatic rings. The third-order valence-electron chi connectivity index (χ3n) is 4.59. The number of hydrogen-bond acceptors (Lipinski definition) is 3. The van der Waals surface area contributed by atoms with Gasteiger partial charge in [0.15, 0.2) is 5.11 Å². The highest BCUT2D eigenvalue weighted by Crippen LogP contribution is 2.20. The Labute approximate surface area is 164 Å². The van der Waals surface area contributed by atoms with E-state index in [1.165, 1.54) is 6.42 Å². The Balaban J connectivity index is 1.68. The zero-order valence-corrected chi connectivity index (χ0v) is 16.1. The van der Waals surface area contributed by atoms with E-state index in [1.54, 1.807) is 24.3 Å². The molecule has 2 aromatic rings. The summed E-state index contributed by atoms with van der Waals surface area (Å²) in [5, 5.41) is 5.83. The normalized spacial score (nSPS) is 13.7. The summed E-state index contributed by atoms with van der Waals surface area (Å²) in [6.07, 6.45) is 3.23. The van der Waals surface area contributed by atoms with Gasteiger partial charge in [-0.05, 0) is 62.7 Å². The number of hydrogen-bond donors (Lipinski definition) is 2. The molecule has 0 aliphatic carbocycles. The first kappa shape index (κ1) is 19.0. The summed E-state index contributed by atoms with van der Waals surface area (Å²) in [4.78, 5) is 27.0. The lowest BCUT2D eigenvalue weighted by molar-refractivity contribution is 0.0725. The fourth-order valence-electron chi connectivity index (χ4n) is 3.08. The molecule has 3 rings (SSSR count). The Kier molecular flexibility index (Phi) is 6.19. The highest BCUT2D eigenvalue weighted by atomic mass is 32.1. The zero-order chi connectivity index (χ0) is 19.2. The number of carbonyl (C=O) groups is 2. The maximum absolute atomic E-state index is 12.8. The van der Waals surface area contributed by atoms with Gasteiger partial charge in [-0.25, -0.2) is 0 Å². The van der Waals surface area contributed by atoms with Crippen molar-refractivity contribution in [3.63, 3.8) is 0 Å². The average Bonchev–Trinajstić information content (AvgIpc) is 2.69. The number of thiocarbonyl (C=S) groups is 1. The van der Waals surface area contributed by atoms with E-state index in [-0.39, 0.29) is 16.9 Å². The summed E-state index contributed by atoms with van der Waals surface area (Å²) >= 11 is 5.27. The number of carbonyl (C=O) groups excluding carboxylic acids is 2. The molecule has 5 nitrogen and oxygen atoms in total. The van der Waals surface area contributed by atoms with Crippen LogP contribution in [-0.2, 0) is 0 Å². The fourth-order valence-corrected chi connectivity index (χ4v) is 3.28. The minimum absolute atomic E-state index is 0.00883.